The molecule has 0 aliphatic heterocycles. The molecule has 1 aliphatic carbocycles. The maximum absolute atomic E-state index is 7.50. The standard InChI is InChI=1S/C6H8.3CO.Os/c1-2-4-6-5-3-1;3*1-2;/h1-4H,5-6H2;;;;. The van der Waals surface area contributed by atoms with Crippen molar-refractivity contribution in [3.05, 3.63) is 24.3 Å². The van der Waals surface area contributed by atoms with Crippen LogP contribution in [0, 0.1) is 0 Å². The molecule has 0 spiro atoms. The van der Waals surface area contributed by atoms with E-state index >= 15 is 0 Å². The van der Waals surface area contributed by atoms with Gasteiger partial charge in [-0.2, -0.15) is 0 Å². The summed E-state index contributed by atoms with van der Waals surface area (Å²) in [6.45, 7) is 13.5. The Morgan fingerprint density at radius 1 is 0.692 bits per heavy atom. The fourth-order valence-corrected chi connectivity index (χ4v) is 0.542. The molecule has 0 N–H and O–H groups in total. The smallest absolute Gasteiger partial charge is 0.281 e. The fourth-order valence-electron chi connectivity index (χ4n) is 0.542. The number of rotatable bonds is 0. The monoisotopic (exact) mass is 356 g/mol. The second kappa shape index (κ2) is 43.4. The van der Waals surface area contributed by atoms with E-state index in [9.17, 15) is 0 Å². The SMILES string of the molecule is C1=CCCC=C1.[C]=O.[C]=O.[C]=O.[Os]. The van der Waals surface area contributed by atoms with Crippen LogP contribution in [0.3, 0.4) is 0 Å². The summed E-state index contributed by atoms with van der Waals surface area (Å²) in [7, 11) is 0. The van der Waals surface area contributed by atoms with Crippen molar-refractivity contribution in [2.24, 2.45) is 0 Å². The predicted molar refractivity (Wildman–Crippen MR) is 44.6 cm³/mol. The molecule has 0 aromatic heterocycles. The molecule has 70 valence electrons. The van der Waals surface area contributed by atoms with Crippen molar-refractivity contribution < 1.29 is 34.2 Å². The summed E-state index contributed by atoms with van der Waals surface area (Å²) in [6.07, 6.45) is 11.0. The van der Waals surface area contributed by atoms with Crippen molar-refractivity contribution in [1.82, 2.24) is 0 Å². The Morgan fingerprint density at radius 3 is 1.00 bits per heavy atom. The largest absolute Gasteiger partial charge is 0.281 e. The van der Waals surface area contributed by atoms with Crippen LogP contribution in [0.1, 0.15) is 12.8 Å². The third kappa shape index (κ3) is 35.3. The van der Waals surface area contributed by atoms with Gasteiger partial charge in [-0.3, -0.25) is 14.4 Å². The van der Waals surface area contributed by atoms with Crippen molar-refractivity contribution in [3.8, 4) is 0 Å². The molecule has 6 radical (unpaired) electrons. The summed E-state index contributed by atoms with van der Waals surface area (Å²) in [4.78, 5) is 22.5. The first-order chi connectivity index (χ1) is 6.00. The number of carbonyl (C=O) groups excluding carboxylic acids is 3. The molecule has 0 saturated carbocycles. The minimum atomic E-state index is 0. The van der Waals surface area contributed by atoms with Crippen molar-refractivity contribution >= 4 is 20.4 Å². The van der Waals surface area contributed by atoms with E-state index < -0.39 is 0 Å². The van der Waals surface area contributed by atoms with E-state index in [1.165, 1.54) is 12.8 Å². The molecule has 1 aliphatic rings. The molecule has 0 aromatic rings. The van der Waals surface area contributed by atoms with Gasteiger partial charge in [0.1, 0.15) is 0 Å². The molecule has 0 unspecified atom stereocenters. The third-order valence-electron chi connectivity index (χ3n) is 0.883. The third-order valence-corrected chi connectivity index (χ3v) is 0.883. The van der Waals surface area contributed by atoms with Crippen LogP contribution in [0.5, 0.6) is 0 Å². The van der Waals surface area contributed by atoms with Gasteiger partial charge in [-0.15, -0.1) is 0 Å². The summed E-state index contributed by atoms with van der Waals surface area (Å²) in [5, 5.41) is 0. The molecule has 0 heterocycles. The Hall–Kier alpha value is -0.874. The normalized spacial score (nSPS) is 9.54. The quantitative estimate of drug-likeness (QED) is 0.644. The van der Waals surface area contributed by atoms with Crippen molar-refractivity contribution in [1.29, 1.82) is 0 Å². The van der Waals surface area contributed by atoms with E-state index in [0.717, 1.165) is 0 Å². The molecule has 0 saturated heterocycles. The van der Waals surface area contributed by atoms with Gasteiger partial charge < -0.3 is 0 Å². The molecule has 0 amide bonds. The Kier molecular flexibility index (Phi) is 75.9. The maximum Gasteiger partial charge on any atom is 0.281 e. The van der Waals surface area contributed by atoms with Crippen molar-refractivity contribution in [3.63, 3.8) is 0 Å². The Balaban J connectivity index is -0.0000000508. The zero-order valence-electron chi connectivity index (χ0n) is 6.80. The maximum atomic E-state index is 7.50. The average Bonchev–Trinajstić information content (AvgIpc) is 2.29. The van der Waals surface area contributed by atoms with Gasteiger partial charge in [0.05, 0.1) is 0 Å². The Bertz CT molecular complexity index is 107. The van der Waals surface area contributed by atoms with Gasteiger partial charge in [-0.05, 0) is 12.8 Å². The molecule has 0 fully saturated rings. The molecule has 1 rings (SSSR count). The van der Waals surface area contributed by atoms with E-state index in [-0.39, 0.29) is 19.8 Å². The first kappa shape index (κ1) is 22.7. The topological polar surface area (TPSA) is 51.2 Å². The zero-order chi connectivity index (χ0) is 10.2. The first-order valence-electron chi connectivity index (χ1n) is 2.93. The summed E-state index contributed by atoms with van der Waals surface area (Å²) in [5.74, 6) is 0. The van der Waals surface area contributed by atoms with Crippen LogP contribution in [0.15, 0.2) is 24.3 Å². The molecular formula is C9H8O3Os. The van der Waals surface area contributed by atoms with Crippen LogP contribution >= 0.6 is 0 Å². The molecule has 3 nitrogen and oxygen atoms in total. The van der Waals surface area contributed by atoms with Crippen LogP contribution in [-0.4, -0.2) is 20.4 Å². The summed E-state index contributed by atoms with van der Waals surface area (Å²) < 4.78 is 0. The molecule has 0 atom stereocenters. The van der Waals surface area contributed by atoms with E-state index in [4.69, 9.17) is 14.4 Å². The van der Waals surface area contributed by atoms with E-state index in [1.54, 1.807) is 0 Å². The molecule has 13 heavy (non-hydrogen) atoms. The van der Waals surface area contributed by atoms with E-state index in [0.29, 0.717) is 0 Å². The van der Waals surface area contributed by atoms with Crippen LogP contribution in [0.25, 0.3) is 0 Å². The van der Waals surface area contributed by atoms with Gasteiger partial charge in [-0.25, -0.2) is 0 Å². The van der Waals surface area contributed by atoms with Gasteiger partial charge in [0.2, 0.25) is 0 Å². The van der Waals surface area contributed by atoms with Gasteiger partial charge in [-0.1, -0.05) is 24.3 Å². The van der Waals surface area contributed by atoms with E-state index in [2.05, 4.69) is 44.7 Å². The fraction of sp³-hybridized carbons (Fsp3) is 0.222. The van der Waals surface area contributed by atoms with Gasteiger partial charge >= 0.3 is 0 Å². The molecule has 0 aromatic carbocycles. The van der Waals surface area contributed by atoms with Crippen molar-refractivity contribution in [2.45, 2.75) is 12.8 Å². The van der Waals surface area contributed by atoms with Crippen LogP contribution in [0.2, 0.25) is 0 Å². The Morgan fingerprint density at radius 2 is 0.923 bits per heavy atom. The molecular weight excluding hydrogens is 346 g/mol. The van der Waals surface area contributed by atoms with Crippen molar-refractivity contribution in [2.75, 3.05) is 0 Å². The predicted octanol–water partition coefficient (Wildman–Crippen LogP) is 0.699. The van der Waals surface area contributed by atoms with Crippen LogP contribution in [0.4, 0.5) is 0 Å². The summed E-state index contributed by atoms with van der Waals surface area (Å²) in [6, 6.07) is 0. The second-order valence-electron chi connectivity index (χ2n) is 1.43. The van der Waals surface area contributed by atoms with Crippen LogP contribution in [-0.2, 0) is 34.2 Å². The summed E-state index contributed by atoms with van der Waals surface area (Å²) >= 11 is 0. The minimum Gasteiger partial charge on any atom is -0.281 e. The average molecular weight is 354 g/mol. The molecule has 4 heteroatoms. The van der Waals surface area contributed by atoms with Gasteiger partial charge in [0.15, 0.2) is 0 Å². The van der Waals surface area contributed by atoms with Gasteiger partial charge in [0.25, 0.3) is 20.4 Å². The minimum absolute atomic E-state index is 0. The Labute approximate surface area is 92.0 Å². The molecule has 0 bridgehead atoms. The number of allylic oxidation sites excluding steroid dienone is 4. The first-order valence-corrected chi connectivity index (χ1v) is 2.93. The van der Waals surface area contributed by atoms with Crippen LogP contribution < -0.4 is 0 Å². The van der Waals surface area contributed by atoms with Gasteiger partial charge in [0, 0.05) is 19.8 Å². The second-order valence-corrected chi connectivity index (χ2v) is 1.43. The number of hydrogen-bond donors (Lipinski definition) is 0. The number of hydrogen-bond acceptors (Lipinski definition) is 3. The van der Waals surface area contributed by atoms with E-state index in [1.807, 2.05) is 0 Å². The summed E-state index contributed by atoms with van der Waals surface area (Å²) in [5.41, 5.74) is 0. The zero-order valence-corrected chi connectivity index (χ0v) is 9.34.